The predicted molar refractivity (Wildman–Crippen MR) is 117 cm³/mol. The number of hydrogen-bond donors (Lipinski definition) is 2. The summed E-state index contributed by atoms with van der Waals surface area (Å²) in [6.45, 7) is 0.676. The number of nitrogens with one attached hydrogen (secondary N) is 2. The fraction of sp³-hybridized carbons (Fsp3) is 0.136. The summed E-state index contributed by atoms with van der Waals surface area (Å²) >= 11 is 5.34. The number of nitro groups is 1. The van der Waals surface area contributed by atoms with Crippen LogP contribution in [0.1, 0.15) is 23.5 Å². The Hall–Kier alpha value is -3.25. The van der Waals surface area contributed by atoms with Crippen molar-refractivity contribution >= 4 is 28.7 Å². The molecule has 0 fully saturated rings. The zero-order chi connectivity index (χ0) is 19.8. The largest absolute Gasteiger partial charge is 0.362 e. The third kappa shape index (κ3) is 5.37. The van der Waals surface area contributed by atoms with Gasteiger partial charge >= 0.3 is 0 Å². The number of nitro benzene ring substituents is 1. The first kappa shape index (κ1) is 19.5. The number of hydrogen-bond acceptors (Lipinski definition) is 3. The Kier molecular flexibility index (Phi) is 6.70. The molecular formula is C22H21N3O2S. The van der Waals surface area contributed by atoms with Gasteiger partial charge in [-0.2, -0.15) is 0 Å². The molecule has 28 heavy (non-hydrogen) atoms. The number of anilines is 1. The van der Waals surface area contributed by atoms with Crippen LogP contribution in [0.4, 0.5) is 11.4 Å². The highest BCUT2D eigenvalue weighted by atomic mass is 32.1. The minimum Gasteiger partial charge on any atom is -0.362 e. The summed E-state index contributed by atoms with van der Waals surface area (Å²) < 4.78 is 0. The van der Waals surface area contributed by atoms with Gasteiger partial charge in [0, 0.05) is 30.3 Å². The fourth-order valence-corrected chi connectivity index (χ4v) is 3.32. The molecule has 6 heteroatoms. The van der Waals surface area contributed by atoms with Gasteiger partial charge in [-0.25, -0.2) is 0 Å². The number of non-ortho nitro benzene ring substituents is 1. The van der Waals surface area contributed by atoms with E-state index in [9.17, 15) is 10.1 Å². The maximum Gasteiger partial charge on any atom is 0.271 e. The maximum absolute atomic E-state index is 10.9. The highest BCUT2D eigenvalue weighted by molar-refractivity contribution is 7.80. The van der Waals surface area contributed by atoms with Crippen LogP contribution in [0.2, 0.25) is 0 Å². The topological polar surface area (TPSA) is 67.2 Å². The average Bonchev–Trinajstić information content (AvgIpc) is 2.72. The van der Waals surface area contributed by atoms with Gasteiger partial charge < -0.3 is 10.6 Å². The molecule has 0 bridgehead atoms. The van der Waals surface area contributed by atoms with Gasteiger partial charge in [-0.05, 0) is 35.8 Å². The Labute approximate surface area is 169 Å². The second-order valence-corrected chi connectivity index (χ2v) is 6.76. The van der Waals surface area contributed by atoms with Crippen molar-refractivity contribution in [3.63, 3.8) is 0 Å². The third-order valence-electron chi connectivity index (χ3n) is 4.44. The van der Waals surface area contributed by atoms with E-state index in [0.717, 1.165) is 6.42 Å². The van der Waals surface area contributed by atoms with Gasteiger partial charge in [0.2, 0.25) is 0 Å². The van der Waals surface area contributed by atoms with Crippen LogP contribution in [-0.2, 0) is 0 Å². The summed E-state index contributed by atoms with van der Waals surface area (Å²) in [5.41, 5.74) is 3.14. The highest BCUT2D eigenvalue weighted by Gasteiger charge is 2.14. The summed E-state index contributed by atoms with van der Waals surface area (Å²) in [5, 5.41) is 17.5. The van der Waals surface area contributed by atoms with Crippen molar-refractivity contribution in [2.75, 3.05) is 11.9 Å². The summed E-state index contributed by atoms with van der Waals surface area (Å²) in [5.74, 6) is 0.260. The number of nitrogens with zero attached hydrogens (tertiary/aromatic N) is 1. The first-order chi connectivity index (χ1) is 13.6. The first-order valence-electron chi connectivity index (χ1n) is 9.02. The van der Waals surface area contributed by atoms with Gasteiger partial charge in [0.15, 0.2) is 5.11 Å². The lowest BCUT2D eigenvalue weighted by atomic mass is 9.88. The summed E-state index contributed by atoms with van der Waals surface area (Å²) in [6, 6.07) is 27.1. The van der Waals surface area contributed by atoms with Crippen LogP contribution in [0, 0.1) is 10.1 Å². The van der Waals surface area contributed by atoms with Crippen molar-refractivity contribution in [3.8, 4) is 0 Å². The molecule has 5 nitrogen and oxygen atoms in total. The Balaban J connectivity index is 1.60. The van der Waals surface area contributed by atoms with Gasteiger partial charge in [-0.15, -0.1) is 0 Å². The Bertz CT molecular complexity index is 893. The molecule has 3 aromatic rings. The molecule has 2 N–H and O–H groups in total. The minimum atomic E-state index is -0.425. The van der Waals surface area contributed by atoms with Crippen molar-refractivity contribution in [2.45, 2.75) is 12.3 Å². The van der Waals surface area contributed by atoms with E-state index in [1.807, 2.05) is 36.4 Å². The Morgan fingerprint density at radius 3 is 2.11 bits per heavy atom. The van der Waals surface area contributed by atoms with Crippen LogP contribution < -0.4 is 10.6 Å². The quantitative estimate of drug-likeness (QED) is 0.333. The molecule has 0 radical (unpaired) electrons. The SMILES string of the molecule is O=[N+]([O-])c1cccc(NC(=S)NCCC(c2ccccc2)c2ccccc2)c1. The van der Waals surface area contributed by atoms with Crippen molar-refractivity contribution in [3.05, 3.63) is 106 Å². The molecule has 0 aromatic heterocycles. The van der Waals surface area contributed by atoms with E-state index in [2.05, 4.69) is 34.9 Å². The summed E-state index contributed by atoms with van der Waals surface area (Å²) in [4.78, 5) is 10.5. The number of thiocarbonyl (C=S) groups is 1. The number of benzene rings is 3. The minimum absolute atomic E-state index is 0.0287. The molecule has 0 atom stereocenters. The number of rotatable bonds is 7. The monoisotopic (exact) mass is 391 g/mol. The van der Waals surface area contributed by atoms with E-state index in [1.54, 1.807) is 12.1 Å². The lowest BCUT2D eigenvalue weighted by Gasteiger charge is -2.19. The molecule has 3 rings (SSSR count). The van der Waals surface area contributed by atoms with Crippen molar-refractivity contribution < 1.29 is 4.92 Å². The second-order valence-electron chi connectivity index (χ2n) is 6.35. The van der Waals surface area contributed by atoms with Crippen molar-refractivity contribution in [1.82, 2.24) is 5.32 Å². The zero-order valence-corrected chi connectivity index (χ0v) is 16.1. The molecule has 142 valence electrons. The van der Waals surface area contributed by atoms with E-state index in [-0.39, 0.29) is 11.6 Å². The van der Waals surface area contributed by atoms with Gasteiger partial charge in [0.05, 0.1) is 4.92 Å². The smallest absolute Gasteiger partial charge is 0.271 e. The molecular weight excluding hydrogens is 370 g/mol. The van der Waals surface area contributed by atoms with Gasteiger partial charge in [0.25, 0.3) is 5.69 Å². The maximum atomic E-state index is 10.9. The van der Waals surface area contributed by atoms with E-state index < -0.39 is 4.92 Å². The van der Waals surface area contributed by atoms with E-state index >= 15 is 0 Å². The Morgan fingerprint density at radius 1 is 0.929 bits per heavy atom. The van der Waals surface area contributed by atoms with E-state index in [4.69, 9.17) is 12.2 Å². The standard InChI is InChI=1S/C22H21N3O2S/c26-25(27)20-13-7-12-19(16-20)24-22(28)23-15-14-21(17-8-3-1-4-9-17)18-10-5-2-6-11-18/h1-13,16,21H,14-15H2,(H2,23,24,28). The van der Waals surface area contributed by atoms with Gasteiger partial charge in [0.1, 0.15) is 0 Å². The first-order valence-corrected chi connectivity index (χ1v) is 9.43. The average molecular weight is 391 g/mol. The summed E-state index contributed by atoms with van der Waals surface area (Å²) in [7, 11) is 0. The highest BCUT2D eigenvalue weighted by Crippen LogP contribution is 2.27. The lowest BCUT2D eigenvalue weighted by Crippen LogP contribution is -2.30. The normalized spacial score (nSPS) is 10.5. The van der Waals surface area contributed by atoms with Crippen molar-refractivity contribution in [1.29, 1.82) is 0 Å². The van der Waals surface area contributed by atoms with E-state index in [1.165, 1.54) is 23.3 Å². The van der Waals surface area contributed by atoms with Crippen LogP contribution in [0.5, 0.6) is 0 Å². The second kappa shape index (κ2) is 9.62. The molecule has 0 spiro atoms. The molecule has 0 aliphatic rings. The van der Waals surface area contributed by atoms with Gasteiger partial charge in [-0.1, -0.05) is 66.7 Å². The van der Waals surface area contributed by atoms with Crippen molar-refractivity contribution in [2.24, 2.45) is 0 Å². The zero-order valence-electron chi connectivity index (χ0n) is 15.2. The van der Waals surface area contributed by atoms with Crippen LogP contribution in [-0.4, -0.2) is 16.6 Å². The van der Waals surface area contributed by atoms with Crippen LogP contribution in [0.3, 0.4) is 0 Å². The predicted octanol–water partition coefficient (Wildman–Crippen LogP) is 5.10. The summed E-state index contributed by atoms with van der Waals surface area (Å²) in [6.07, 6.45) is 0.866. The Morgan fingerprint density at radius 2 is 1.54 bits per heavy atom. The molecule has 0 aliphatic heterocycles. The molecule has 0 aliphatic carbocycles. The lowest BCUT2D eigenvalue weighted by molar-refractivity contribution is -0.384. The molecule has 0 unspecified atom stereocenters. The van der Waals surface area contributed by atoms with Crippen LogP contribution in [0.25, 0.3) is 0 Å². The van der Waals surface area contributed by atoms with E-state index in [0.29, 0.717) is 17.3 Å². The molecule has 0 amide bonds. The third-order valence-corrected chi connectivity index (χ3v) is 4.68. The van der Waals surface area contributed by atoms with Crippen LogP contribution in [0.15, 0.2) is 84.9 Å². The fourth-order valence-electron chi connectivity index (χ4n) is 3.10. The van der Waals surface area contributed by atoms with Crippen LogP contribution >= 0.6 is 12.2 Å². The molecule has 0 saturated carbocycles. The molecule has 0 heterocycles. The molecule has 0 saturated heterocycles. The molecule has 3 aromatic carbocycles. The van der Waals surface area contributed by atoms with Gasteiger partial charge in [-0.3, -0.25) is 10.1 Å².